The summed E-state index contributed by atoms with van der Waals surface area (Å²) < 4.78 is 10.7. The van der Waals surface area contributed by atoms with Crippen molar-refractivity contribution in [2.75, 3.05) is 14.2 Å². The van der Waals surface area contributed by atoms with Crippen molar-refractivity contribution in [2.45, 2.75) is 60.4 Å². The molecule has 174 valence electrons. The van der Waals surface area contributed by atoms with E-state index < -0.39 is 0 Å². The van der Waals surface area contributed by atoms with E-state index in [2.05, 4.69) is 33.1 Å². The second kappa shape index (κ2) is 10.5. The Morgan fingerprint density at radius 3 is 2.03 bits per heavy atom. The number of ether oxygens (including phenoxy) is 2. The Bertz CT molecular complexity index is 943. The van der Waals surface area contributed by atoms with Crippen molar-refractivity contribution >= 4 is 11.8 Å². The van der Waals surface area contributed by atoms with Crippen LogP contribution in [-0.4, -0.2) is 37.1 Å². The Morgan fingerprint density at radius 2 is 1.53 bits per heavy atom. The van der Waals surface area contributed by atoms with E-state index in [-0.39, 0.29) is 23.3 Å². The monoisotopic (exact) mass is 440 g/mol. The average molecular weight is 441 g/mol. The van der Waals surface area contributed by atoms with E-state index in [1.165, 1.54) is 12.1 Å². The summed E-state index contributed by atoms with van der Waals surface area (Å²) in [5, 5.41) is 1.49. The quantitative estimate of drug-likeness (QED) is 0.592. The molecule has 6 nitrogen and oxygen atoms in total. The van der Waals surface area contributed by atoms with Gasteiger partial charge in [0.05, 0.1) is 20.3 Å². The van der Waals surface area contributed by atoms with Gasteiger partial charge in [0.2, 0.25) is 0 Å². The molecule has 2 aromatic rings. The molecule has 0 aliphatic heterocycles. The molecule has 0 heterocycles. The fourth-order valence-corrected chi connectivity index (χ4v) is 3.88. The van der Waals surface area contributed by atoms with Crippen molar-refractivity contribution in [1.82, 2.24) is 10.4 Å². The van der Waals surface area contributed by atoms with Crippen molar-refractivity contribution in [3.8, 4) is 11.5 Å². The van der Waals surface area contributed by atoms with Gasteiger partial charge in [0, 0.05) is 11.1 Å². The molecule has 0 unspecified atom stereocenters. The molecule has 0 saturated heterocycles. The number of hydrogen-bond acceptors (Lipinski definition) is 4. The molecule has 1 atom stereocenters. The first-order valence-electron chi connectivity index (χ1n) is 11.0. The molecule has 2 amide bonds. The lowest BCUT2D eigenvalue weighted by molar-refractivity contribution is 0.0271. The van der Waals surface area contributed by atoms with Crippen LogP contribution in [0.4, 0.5) is 0 Å². The molecule has 2 aromatic carbocycles. The summed E-state index contributed by atoms with van der Waals surface area (Å²) in [5.41, 5.74) is 5.59. The molecule has 0 aliphatic carbocycles. The first-order chi connectivity index (χ1) is 15.0. The number of hydrogen-bond donors (Lipinski definition) is 1. The van der Waals surface area contributed by atoms with Crippen molar-refractivity contribution in [1.29, 1.82) is 0 Å². The summed E-state index contributed by atoms with van der Waals surface area (Å²) in [4.78, 5) is 26.9. The minimum atomic E-state index is -0.309. The standard InChI is InChI=1S/C26H36N2O4/c1-9-10-23(26(4,5)6)28(27-24(29)20-14-17(2)13-18(3)15-20)25(30)19-11-12-21(31-7)22(16-19)32-8/h11-16,23H,9-10H2,1-8H3,(H,27,29)/t23-/m1/s1. The Balaban J connectivity index is 2.50. The molecule has 0 saturated carbocycles. The molecule has 0 fully saturated rings. The summed E-state index contributed by atoms with van der Waals surface area (Å²) in [7, 11) is 3.08. The van der Waals surface area contributed by atoms with Crippen LogP contribution in [0.5, 0.6) is 11.5 Å². The van der Waals surface area contributed by atoms with Crippen LogP contribution in [0.2, 0.25) is 0 Å². The van der Waals surface area contributed by atoms with E-state index in [1.54, 1.807) is 25.3 Å². The lowest BCUT2D eigenvalue weighted by Gasteiger charge is -2.40. The van der Waals surface area contributed by atoms with E-state index in [9.17, 15) is 9.59 Å². The second-order valence-electron chi connectivity index (χ2n) is 9.23. The van der Waals surface area contributed by atoms with Crippen LogP contribution in [0.1, 0.15) is 72.4 Å². The van der Waals surface area contributed by atoms with E-state index in [0.717, 1.165) is 24.0 Å². The lowest BCUT2D eigenvalue weighted by atomic mass is 9.83. The Hall–Kier alpha value is -3.02. The van der Waals surface area contributed by atoms with Gasteiger partial charge in [0.25, 0.3) is 11.8 Å². The van der Waals surface area contributed by atoms with E-state index in [4.69, 9.17) is 9.47 Å². The van der Waals surface area contributed by atoms with Gasteiger partial charge < -0.3 is 9.47 Å². The highest BCUT2D eigenvalue weighted by atomic mass is 16.5. The molecule has 0 spiro atoms. The van der Waals surface area contributed by atoms with Gasteiger partial charge in [-0.05, 0) is 56.0 Å². The van der Waals surface area contributed by atoms with E-state index in [0.29, 0.717) is 22.6 Å². The molecule has 32 heavy (non-hydrogen) atoms. The highest BCUT2D eigenvalue weighted by Crippen LogP contribution is 2.31. The van der Waals surface area contributed by atoms with Crippen molar-refractivity contribution < 1.29 is 19.1 Å². The molecular formula is C26H36N2O4. The molecule has 1 N–H and O–H groups in total. The summed E-state index contributed by atoms with van der Waals surface area (Å²) in [6.07, 6.45) is 1.62. The highest BCUT2D eigenvalue weighted by molar-refractivity contribution is 5.99. The number of carbonyl (C=O) groups excluding carboxylic acids is 2. The number of benzene rings is 2. The van der Waals surface area contributed by atoms with Gasteiger partial charge >= 0.3 is 0 Å². The maximum Gasteiger partial charge on any atom is 0.272 e. The largest absolute Gasteiger partial charge is 0.493 e. The summed E-state index contributed by atoms with van der Waals surface area (Å²) in [6, 6.07) is 10.5. The van der Waals surface area contributed by atoms with Gasteiger partial charge in [-0.25, -0.2) is 5.01 Å². The summed E-state index contributed by atoms with van der Waals surface area (Å²) >= 11 is 0. The molecule has 6 heteroatoms. The minimum Gasteiger partial charge on any atom is -0.493 e. The lowest BCUT2D eigenvalue weighted by Crippen LogP contribution is -2.56. The van der Waals surface area contributed by atoms with Crippen molar-refractivity contribution in [3.05, 3.63) is 58.7 Å². The fourth-order valence-electron chi connectivity index (χ4n) is 3.88. The zero-order valence-electron chi connectivity index (χ0n) is 20.5. The smallest absolute Gasteiger partial charge is 0.272 e. The van der Waals surface area contributed by atoms with Crippen molar-refractivity contribution in [2.24, 2.45) is 5.41 Å². The molecule has 0 radical (unpaired) electrons. The number of methoxy groups -OCH3 is 2. The van der Waals surface area contributed by atoms with Crippen LogP contribution in [0.15, 0.2) is 36.4 Å². The maximum atomic E-state index is 13.7. The number of aryl methyl sites for hydroxylation is 2. The van der Waals surface area contributed by atoms with Crippen LogP contribution >= 0.6 is 0 Å². The topological polar surface area (TPSA) is 67.9 Å². The van der Waals surface area contributed by atoms with Gasteiger partial charge in [0.1, 0.15) is 0 Å². The van der Waals surface area contributed by atoms with Crippen LogP contribution in [-0.2, 0) is 0 Å². The number of rotatable bonds is 7. The molecule has 2 rings (SSSR count). The third-order valence-corrected chi connectivity index (χ3v) is 5.43. The van der Waals surface area contributed by atoms with Crippen LogP contribution in [0.25, 0.3) is 0 Å². The predicted octanol–water partition coefficient (Wildman–Crippen LogP) is 5.32. The first-order valence-corrected chi connectivity index (χ1v) is 11.0. The fraction of sp³-hybridized carbons (Fsp3) is 0.462. The molecular weight excluding hydrogens is 404 g/mol. The zero-order valence-corrected chi connectivity index (χ0v) is 20.5. The van der Waals surface area contributed by atoms with Gasteiger partial charge in [-0.3, -0.25) is 15.0 Å². The van der Waals surface area contributed by atoms with Gasteiger partial charge in [-0.2, -0.15) is 0 Å². The Labute approximate surface area is 191 Å². The highest BCUT2D eigenvalue weighted by Gasteiger charge is 2.35. The van der Waals surface area contributed by atoms with Gasteiger partial charge in [-0.15, -0.1) is 0 Å². The second-order valence-corrected chi connectivity index (χ2v) is 9.23. The Morgan fingerprint density at radius 1 is 0.938 bits per heavy atom. The molecule has 0 aromatic heterocycles. The molecule has 0 aliphatic rings. The van der Waals surface area contributed by atoms with Gasteiger partial charge in [-0.1, -0.05) is 51.3 Å². The first kappa shape index (κ1) is 25.2. The number of nitrogens with one attached hydrogen (secondary N) is 1. The summed E-state index contributed by atoms with van der Waals surface area (Å²) in [6.45, 7) is 12.2. The Kier molecular flexibility index (Phi) is 8.31. The van der Waals surface area contributed by atoms with Gasteiger partial charge in [0.15, 0.2) is 11.5 Å². The van der Waals surface area contributed by atoms with Crippen LogP contribution in [0, 0.1) is 19.3 Å². The molecule has 0 bridgehead atoms. The van der Waals surface area contributed by atoms with Crippen LogP contribution in [0.3, 0.4) is 0 Å². The van der Waals surface area contributed by atoms with E-state index in [1.807, 2.05) is 32.0 Å². The maximum absolute atomic E-state index is 13.7. The normalized spacial score (nSPS) is 12.1. The SMILES string of the molecule is CCC[C@@H](N(NC(=O)c1cc(C)cc(C)c1)C(=O)c1ccc(OC)c(OC)c1)C(C)(C)C. The summed E-state index contributed by atoms with van der Waals surface area (Å²) in [5.74, 6) is 0.394. The van der Waals surface area contributed by atoms with Crippen molar-refractivity contribution in [3.63, 3.8) is 0 Å². The number of hydrazine groups is 1. The average Bonchev–Trinajstić information content (AvgIpc) is 2.73. The third kappa shape index (κ3) is 6.02. The number of amides is 2. The predicted molar refractivity (Wildman–Crippen MR) is 127 cm³/mol. The third-order valence-electron chi connectivity index (χ3n) is 5.43. The number of carbonyl (C=O) groups is 2. The number of nitrogens with zero attached hydrogens (tertiary/aromatic N) is 1. The minimum absolute atomic E-state index is 0.206. The van der Waals surface area contributed by atoms with E-state index >= 15 is 0 Å². The zero-order chi connectivity index (χ0) is 24.1. The van der Waals surface area contributed by atoms with Crippen LogP contribution < -0.4 is 14.9 Å².